The Morgan fingerprint density at radius 2 is 1.31 bits per heavy atom. The van der Waals surface area contributed by atoms with Gasteiger partial charge in [0, 0.05) is 28.1 Å². The summed E-state index contributed by atoms with van der Waals surface area (Å²) in [7, 11) is 0. The minimum Gasteiger partial charge on any atom is -0.481 e. The number of alkyl halides is 7. The fraction of sp³-hybridized carbons (Fsp3) is 0.276. The number of carbonyl (C=O) groups excluding carboxylic acids is 2. The molecule has 3 aromatic carbocycles. The van der Waals surface area contributed by atoms with E-state index in [1.165, 1.54) is 43.3 Å². The lowest BCUT2D eigenvalue weighted by atomic mass is 9.90. The van der Waals surface area contributed by atoms with Crippen molar-refractivity contribution in [2.24, 2.45) is 0 Å². The molecule has 1 atom stereocenters. The molecule has 0 aliphatic rings. The number of hydrogen-bond acceptors (Lipinski definition) is 3. The third kappa shape index (κ3) is 6.09. The number of anilines is 2. The maximum Gasteiger partial charge on any atom is 0.435 e. The van der Waals surface area contributed by atoms with Crippen molar-refractivity contribution < 1.29 is 50.2 Å². The van der Waals surface area contributed by atoms with E-state index in [2.05, 4.69) is 10.6 Å². The van der Waals surface area contributed by atoms with E-state index in [0.717, 1.165) is 13.8 Å². The highest BCUT2D eigenvalue weighted by atomic mass is 19.4. The number of rotatable bonds is 7. The van der Waals surface area contributed by atoms with Crippen molar-refractivity contribution in [1.29, 1.82) is 0 Å². The molecular formula is C29H25F7N2O4. The van der Waals surface area contributed by atoms with Crippen molar-refractivity contribution in [1.82, 2.24) is 0 Å². The Labute approximate surface area is 235 Å². The van der Waals surface area contributed by atoms with Gasteiger partial charge in [0.1, 0.15) is 0 Å². The Morgan fingerprint density at radius 3 is 1.83 bits per heavy atom. The first-order valence-corrected chi connectivity index (χ1v) is 12.3. The number of hydrogen-bond donors (Lipinski definition) is 3. The number of benzene rings is 3. The molecule has 0 fully saturated rings. The summed E-state index contributed by atoms with van der Waals surface area (Å²) in [5, 5.41) is 14.3. The van der Waals surface area contributed by atoms with E-state index >= 15 is 0 Å². The summed E-state index contributed by atoms with van der Waals surface area (Å²) in [6.07, 6.45) is -12.6. The fourth-order valence-corrected chi connectivity index (χ4v) is 4.47. The highest BCUT2D eigenvalue weighted by molar-refractivity contribution is 6.08. The van der Waals surface area contributed by atoms with Crippen molar-refractivity contribution in [2.75, 3.05) is 10.6 Å². The maximum absolute atomic E-state index is 14.6. The maximum atomic E-state index is 14.6. The van der Waals surface area contributed by atoms with E-state index in [1.807, 2.05) is 0 Å². The smallest absolute Gasteiger partial charge is 0.435 e. The Balaban J connectivity index is 1.87. The first-order valence-electron chi connectivity index (χ1n) is 12.3. The van der Waals surface area contributed by atoms with Crippen molar-refractivity contribution in [2.45, 2.75) is 51.6 Å². The van der Waals surface area contributed by atoms with Gasteiger partial charge in [-0.1, -0.05) is 30.3 Å². The second-order valence-corrected chi connectivity index (χ2v) is 9.71. The lowest BCUT2D eigenvalue weighted by Crippen LogP contribution is -2.50. The number of aryl methyl sites for hydroxylation is 2. The zero-order chi connectivity index (χ0) is 31.8. The van der Waals surface area contributed by atoms with E-state index in [9.17, 15) is 50.2 Å². The molecule has 224 valence electrons. The monoisotopic (exact) mass is 598 g/mol. The Hall–Kier alpha value is -4.42. The Kier molecular flexibility index (Phi) is 8.76. The molecule has 0 aliphatic carbocycles. The molecular weight excluding hydrogens is 573 g/mol. The molecule has 3 aromatic rings. The molecule has 0 saturated heterocycles. The van der Waals surface area contributed by atoms with Gasteiger partial charge >= 0.3 is 24.0 Å². The van der Waals surface area contributed by atoms with Gasteiger partial charge in [0.25, 0.3) is 11.8 Å². The Morgan fingerprint density at radius 1 is 0.762 bits per heavy atom. The van der Waals surface area contributed by atoms with Gasteiger partial charge in [0.05, 0.1) is 5.92 Å². The van der Waals surface area contributed by atoms with E-state index in [-0.39, 0.29) is 33.6 Å². The van der Waals surface area contributed by atoms with Crippen molar-refractivity contribution in [3.63, 3.8) is 0 Å². The highest BCUT2D eigenvalue weighted by Crippen LogP contribution is 2.53. The van der Waals surface area contributed by atoms with Crippen LogP contribution < -0.4 is 10.6 Å². The largest absolute Gasteiger partial charge is 0.481 e. The molecule has 3 N–H and O–H groups in total. The van der Waals surface area contributed by atoms with Gasteiger partial charge in [0.2, 0.25) is 0 Å². The summed E-state index contributed by atoms with van der Waals surface area (Å²) in [6.45, 7) is 5.32. The van der Waals surface area contributed by atoms with Gasteiger partial charge in [-0.05, 0) is 74.2 Å². The molecule has 0 saturated carbocycles. The number of nitrogens with one attached hydrogen (secondary N) is 2. The SMILES string of the molecule is Cc1cc(C(F)(C(F)(F)F)C(F)(F)F)cc(C)c1NC(=O)c1cccc(NC(=O)c2cccc(C(C)C(=O)O)c2C)c1. The van der Waals surface area contributed by atoms with Gasteiger partial charge < -0.3 is 15.7 Å². The summed E-state index contributed by atoms with van der Waals surface area (Å²) in [6, 6.07) is 10.9. The van der Waals surface area contributed by atoms with Crippen LogP contribution in [0.1, 0.15) is 61.4 Å². The molecule has 2 amide bonds. The summed E-state index contributed by atoms with van der Waals surface area (Å²) in [5.41, 5.74) is -6.67. The quantitative estimate of drug-likeness (QED) is 0.244. The van der Waals surface area contributed by atoms with Crippen LogP contribution in [0.15, 0.2) is 54.6 Å². The van der Waals surface area contributed by atoms with Crippen LogP contribution in [-0.4, -0.2) is 35.2 Å². The molecule has 0 heterocycles. The molecule has 42 heavy (non-hydrogen) atoms. The average molecular weight is 599 g/mol. The standard InChI is InChI=1S/C29H25F7N2O4/c1-14-11-19(27(30,28(31,32)33)29(34,35)36)12-15(2)23(14)38-24(39)18-7-5-8-20(13-18)37-25(40)22-10-6-9-21(16(22)3)17(4)26(41)42/h5-13,17H,1-4H3,(H,37,40)(H,38,39)(H,41,42). The summed E-state index contributed by atoms with van der Waals surface area (Å²) < 4.78 is 93.8. The van der Waals surface area contributed by atoms with E-state index in [1.54, 1.807) is 13.0 Å². The molecule has 0 radical (unpaired) electrons. The van der Waals surface area contributed by atoms with E-state index in [0.29, 0.717) is 23.3 Å². The van der Waals surface area contributed by atoms with E-state index in [4.69, 9.17) is 0 Å². The van der Waals surface area contributed by atoms with Crippen LogP contribution in [0.3, 0.4) is 0 Å². The third-order valence-electron chi connectivity index (χ3n) is 6.79. The normalized spacial score (nSPS) is 12.9. The van der Waals surface area contributed by atoms with Crippen molar-refractivity contribution in [3.05, 3.63) is 93.5 Å². The summed E-state index contributed by atoms with van der Waals surface area (Å²) in [5.74, 6) is -3.33. The lowest BCUT2D eigenvalue weighted by molar-refractivity contribution is -0.348. The van der Waals surface area contributed by atoms with Crippen molar-refractivity contribution >= 4 is 29.2 Å². The predicted octanol–water partition coefficient (Wildman–Crippen LogP) is 7.59. The number of carboxylic acid groups (broad SMARTS) is 1. The van der Waals surface area contributed by atoms with Crippen LogP contribution in [-0.2, 0) is 10.5 Å². The first-order chi connectivity index (χ1) is 19.3. The van der Waals surface area contributed by atoms with Gasteiger partial charge in [0.15, 0.2) is 0 Å². The molecule has 3 rings (SSSR count). The molecule has 13 heteroatoms. The minimum absolute atomic E-state index is 0.0222. The molecule has 0 aliphatic heterocycles. The van der Waals surface area contributed by atoms with Crippen LogP contribution >= 0.6 is 0 Å². The highest BCUT2D eigenvalue weighted by Gasteiger charge is 2.73. The molecule has 0 aromatic heterocycles. The number of carboxylic acids is 1. The minimum atomic E-state index is -6.28. The van der Waals surface area contributed by atoms with Crippen molar-refractivity contribution in [3.8, 4) is 0 Å². The van der Waals surface area contributed by atoms with Crippen LogP contribution in [0, 0.1) is 20.8 Å². The fourth-order valence-electron chi connectivity index (χ4n) is 4.47. The van der Waals surface area contributed by atoms with Crippen LogP contribution in [0.4, 0.5) is 42.1 Å². The molecule has 6 nitrogen and oxygen atoms in total. The van der Waals surface area contributed by atoms with Crippen LogP contribution in [0.25, 0.3) is 0 Å². The second-order valence-electron chi connectivity index (χ2n) is 9.71. The third-order valence-corrected chi connectivity index (χ3v) is 6.79. The van der Waals surface area contributed by atoms with Crippen LogP contribution in [0.5, 0.6) is 0 Å². The first kappa shape index (κ1) is 32.1. The number of aliphatic carboxylic acids is 1. The molecule has 0 bridgehead atoms. The number of halogens is 7. The molecule has 1 unspecified atom stereocenters. The summed E-state index contributed by atoms with van der Waals surface area (Å²) in [4.78, 5) is 37.3. The lowest BCUT2D eigenvalue weighted by Gasteiger charge is -2.31. The average Bonchev–Trinajstić information content (AvgIpc) is 2.88. The van der Waals surface area contributed by atoms with Gasteiger partial charge in [-0.3, -0.25) is 14.4 Å². The molecule has 0 spiro atoms. The zero-order valence-corrected chi connectivity index (χ0v) is 22.6. The Bertz CT molecular complexity index is 1510. The number of amides is 2. The predicted molar refractivity (Wildman–Crippen MR) is 140 cm³/mol. The topological polar surface area (TPSA) is 95.5 Å². The summed E-state index contributed by atoms with van der Waals surface area (Å²) >= 11 is 0. The second kappa shape index (κ2) is 11.5. The zero-order valence-electron chi connectivity index (χ0n) is 22.6. The van der Waals surface area contributed by atoms with Gasteiger partial charge in [-0.25, -0.2) is 4.39 Å². The van der Waals surface area contributed by atoms with Crippen LogP contribution in [0.2, 0.25) is 0 Å². The van der Waals surface area contributed by atoms with Gasteiger partial charge in [-0.2, -0.15) is 26.3 Å². The van der Waals surface area contributed by atoms with Gasteiger partial charge in [-0.15, -0.1) is 0 Å². The van der Waals surface area contributed by atoms with E-state index < -0.39 is 47.3 Å². The number of carbonyl (C=O) groups is 3.